The van der Waals surface area contributed by atoms with Crippen LogP contribution in [0.25, 0.3) is 0 Å². The summed E-state index contributed by atoms with van der Waals surface area (Å²) in [6.07, 6.45) is 7.46. The molecule has 0 unspecified atom stereocenters. The molecule has 1 fully saturated rings. The fraction of sp³-hybridized carbons (Fsp3) is 0.375. The van der Waals surface area contributed by atoms with Crippen molar-refractivity contribution in [2.24, 2.45) is 7.05 Å². The summed E-state index contributed by atoms with van der Waals surface area (Å²) in [4.78, 5) is 6.90. The maximum atomic E-state index is 5.87. The molecule has 3 aromatic rings. The molecule has 1 aliphatic rings. The lowest BCUT2D eigenvalue weighted by Crippen LogP contribution is -2.25. The van der Waals surface area contributed by atoms with Crippen LogP contribution in [0.4, 0.5) is 0 Å². The van der Waals surface area contributed by atoms with Gasteiger partial charge in [0, 0.05) is 38.6 Å². The number of benzene rings is 2. The molecule has 0 aliphatic heterocycles. The van der Waals surface area contributed by atoms with E-state index in [1.807, 2.05) is 17.8 Å². The zero-order valence-corrected chi connectivity index (χ0v) is 16.8. The Kier molecular flexibility index (Phi) is 5.77. The monoisotopic (exact) mass is 375 g/mol. The van der Waals surface area contributed by atoms with Gasteiger partial charge in [-0.2, -0.15) is 0 Å². The number of rotatable bonds is 9. The van der Waals surface area contributed by atoms with Gasteiger partial charge in [-0.05, 0) is 48.1 Å². The van der Waals surface area contributed by atoms with E-state index in [1.54, 1.807) is 6.20 Å². The molecule has 1 heterocycles. The van der Waals surface area contributed by atoms with Gasteiger partial charge in [-0.25, -0.2) is 4.98 Å². The topological polar surface area (TPSA) is 30.3 Å². The molecule has 4 nitrogen and oxygen atoms in total. The zero-order chi connectivity index (χ0) is 19.3. The third kappa shape index (κ3) is 4.82. The highest BCUT2D eigenvalue weighted by Gasteiger charge is 2.28. The van der Waals surface area contributed by atoms with Crippen LogP contribution in [0.3, 0.4) is 0 Å². The average Bonchev–Trinajstić information content (AvgIpc) is 3.49. The van der Waals surface area contributed by atoms with Crippen LogP contribution in [-0.2, 0) is 33.2 Å². The van der Waals surface area contributed by atoms with E-state index in [2.05, 4.69) is 65.3 Å². The van der Waals surface area contributed by atoms with Gasteiger partial charge in [0.05, 0.1) is 0 Å². The number of ether oxygens (including phenoxy) is 1. The number of imidazole rings is 1. The van der Waals surface area contributed by atoms with E-state index in [1.165, 1.54) is 29.5 Å². The Morgan fingerprint density at radius 3 is 2.11 bits per heavy atom. The molecule has 0 atom stereocenters. The first-order valence-corrected chi connectivity index (χ1v) is 10.2. The molecule has 1 saturated carbocycles. The van der Waals surface area contributed by atoms with Gasteiger partial charge in [0.15, 0.2) is 0 Å². The predicted molar refractivity (Wildman–Crippen MR) is 112 cm³/mol. The van der Waals surface area contributed by atoms with Gasteiger partial charge in [-0.15, -0.1) is 0 Å². The molecule has 0 spiro atoms. The van der Waals surface area contributed by atoms with Crippen molar-refractivity contribution in [3.63, 3.8) is 0 Å². The second-order valence-electron chi connectivity index (χ2n) is 7.69. The molecule has 4 heteroatoms. The van der Waals surface area contributed by atoms with Gasteiger partial charge in [-0.1, -0.05) is 43.3 Å². The minimum atomic E-state index is 0.491. The molecule has 0 saturated heterocycles. The zero-order valence-electron chi connectivity index (χ0n) is 16.8. The van der Waals surface area contributed by atoms with Gasteiger partial charge < -0.3 is 9.30 Å². The lowest BCUT2D eigenvalue weighted by molar-refractivity contribution is 0.245. The molecule has 0 amide bonds. The molecule has 0 N–H and O–H groups in total. The summed E-state index contributed by atoms with van der Waals surface area (Å²) in [5.74, 6) is 1.82. The fourth-order valence-corrected chi connectivity index (χ4v) is 3.48. The summed E-state index contributed by atoms with van der Waals surface area (Å²) >= 11 is 0. The Morgan fingerprint density at radius 2 is 1.57 bits per heavy atom. The normalized spacial score (nSPS) is 13.8. The van der Waals surface area contributed by atoms with Crippen LogP contribution in [0.1, 0.15) is 42.3 Å². The van der Waals surface area contributed by atoms with Gasteiger partial charge in [0.2, 0.25) is 0 Å². The van der Waals surface area contributed by atoms with E-state index in [-0.39, 0.29) is 0 Å². The molecule has 2 aromatic carbocycles. The number of aromatic nitrogens is 2. The van der Waals surface area contributed by atoms with Crippen molar-refractivity contribution in [1.82, 2.24) is 14.5 Å². The lowest BCUT2D eigenvalue weighted by atomic mass is 10.1. The second kappa shape index (κ2) is 8.61. The maximum absolute atomic E-state index is 5.87. The third-order valence-corrected chi connectivity index (χ3v) is 5.48. The third-order valence-electron chi connectivity index (χ3n) is 5.48. The fourth-order valence-electron chi connectivity index (χ4n) is 3.48. The minimum Gasteiger partial charge on any atom is -0.486 e. The van der Waals surface area contributed by atoms with Crippen molar-refractivity contribution in [3.8, 4) is 5.75 Å². The Balaban J connectivity index is 1.35. The highest BCUT2D eigenvalue weighted by Crippen LogP contribution is 2.30. The Labute approximate surface area is 167 Å². The number of hydrogen-bond acceptors (Lipinski definition) is 3. The molecule has 146 valence electrons. The highest BCUT2D eigenvalue weighted by atomic mass is 16.5. The highest BCUT2D eigenvalue weighted by molar-refractivity contribution is 5.28. The Hall–Kier alpha value is -2.59. The molecule has 0 radical (unpaired) electrons. The summed E-state index contributed by atoms with van der Waals surface area (Å²) in [6.45, 7) is 4.70. The average molecular weight is 376 g/mol. The van der Waals surface area contributed by atoms with Gasteiger partial charge in [-0.3, -0.25) is 4.90 Å². The van der Waals surface area contributed by atoms with E-state index in [0.29, 0.717) is 6.61 Å². The van der Waals surface area contributed by atoms with Crippen molar-refractivity contribution in [2.45, 2.75) is 51.9 Å². The molecule has 28 heavy (non-hydrogen) atoms. The van der Waals surface area contributed by atoms with Crippen LogP contribution in [0.2, 0.25) is 0 Å². The Morgan fingerprint density at radius 1 is 0.964 bits per heavy atom. The van der Waals surface area contributed by atoms with Crippen molar-refractivity contribution in [1.29, 1.82) is 0 Å². The molecule has 4 rings (SSSR count). The summed E-state index contributed by atoms with van der Waals surface area (Å²) in [5, 5.41) is 0. The van der Waals surface area contributed by atoms with E-state index < -0.39 is 0 Å². The SMILES string of the molecule is CCc1ccc(CN(Cc2ccc(OCc3nccn3C)cc2)C2CC2)cc1. The summed E-state index contributed by atoms with van der Waals surface area (Å²) in [7, 11) is 1.98. The van der Waals surface area contributed by atoms with Crippen molar-refractivity contribution >= 4 is 0 Å². The van der Waals surface area contributed by atoms with Crippen LogP contribution < -0.4 is 4.74 Å². The largest absolute Gasteiger partial charge is 0.486 e. The smallest absolute Gasteiger partial charge is 0.146 e. The van der Waals surface area contributed by atoms with E-state index in [0.717, 1.165) is 37.1 Å². The summed E-state index contributed by atoms with van der Waals surface area (Å²) in [6, 6.07) is 18.3. The standard InChI is InChI=1S/C24H29N3O/c1-3-19-4-6-20(7-5-19)16-27(22-10-11-22)17-21-8-12-23(13-9-21)28-18-24-25-14-15-26(24)2/h4-9,12-15,22H,3,10-11,16-18H2,1-2H3. The first kappa shape index (κ1) is 18.8. The Bertz CT molecular complexity index is 879. The first-order valence-electron chi connectivity index (χ1n) is 10.2. The van der Waals surface area contributed by atoms with Crippen molar-refractivity contribution < 1.29 is 4.74 Å². The van der Waals surface area contributed by atoms with Crippen LogP contribution >= 0.6 is 0 Å². The molecular weight excluding hydrogens is 346 g/mol. The summed E-state index contributed by atoms with van der Waals surface area (Å²) in [5.41, 5.74) is 4.14. The van der Waals surface area contributed by atoms with Crippen LogP contribution in [0.15, 0.2) is 60.9 Å². The molecular formula is C24H29N3O. The molecule has 0 bridgehead atoms. The van der Waals surface area contributed by atoms with Crippen molar-refractivity contribution in [2.75, 3.05) is 0 Å². The van der Waals surface area contributed by atoms with E-state index in [9.17, 15) is 0 Å². The van der Waals surface area contributed by atoms with E-state index in [4.69, 9.17) is 4.74 Å². The number of hydrogen-bond donors (Lipinski definition) is 0. The summed E-state index contributed by atoms with van der Waals surface area (Å²) < 4.78 is 7.85. The van der Waals surface area contributed by atoms with Gasteiger partial charge >= 0.3 is 0 Å². The van der Waals surface area contributed by atoms with E-state index >= 15 is 0 Å². The number of aryl methyl sites for hydroxylation is 2. The first-order chi connectivity index (χ1) is 13.7. The number of nitrogens with zero attached hydrogens (tertiary/aromatic N) is 3. The van der Waals surface area contributed by atoms with Crippen molar-refractivity contribution in [3.05, 3.63) is 83.4 Å². The van der Waals surface area contributed by atoms with Gasteiger partial charge in [0.1, 0.15) is 18.2 Å². The van der Waals surface area contributed by atoms with Crippen LogP contribution in [0, 0.1) is 0 Å². The van der Waals surface area contributed by atoms with Crippen LogP contribution in [0.5, 0.6) is 5.75 Å². The quantitative estimate of drug-likeness (QED) is 0.542. The molecule has 1 aliphatic carbocycles. The second-order valence-corrected chi connectivity index (χ2v) is 7.69. The molecule has 1 aromatic heterocycles. The van der Waals surface area contributed by atoms with Gasteiger partial charge in [0.25, 0.3) is 0 Å². The maximum Gasteiger partial charge on any atom is 0.146 e. The lowest BCUT2D eigenvalue weighted by Gasteiger charge is -2.22. The predicted octanol–water partition coefficient (Wildman–Crippen LogP) is 4.73. The minimum absolute atomic E-state index is 0.491. The van der Waals surface area contributed by atoms with Crippen LogP contribution in [-0.4, -0.2) is 20.5 Å².